The quantitative estimate of drug-likeness (QED) is 0.611. The number of likely N-dealkylation sites (tertiary alicyclic amines) is 1. The van der Waals surface area contributed by atoms with Gasteiger partial charge in [-0.3, -0.25) is 14.5 Å². The number of aryl methyl sites for hydroxylation is 1. The van der Waals surface area contributed by atoms with Crippen LogP contribution in [-0.4, -0.2) is 64.2 Å². The molecule has 2 aliphatic heterocycles. The number of benzene rings is 2. The fraction of sp³-hybridized carbons (Fsp3) is 0.462. The normalized spacial score (nSPS) is 16.5. The molecular formula is C26H34N4O4. The molecule has 2 heterocycles. The second-order valence-corrected chi connectivity index (χ2v) is 8.90. The van der Waals surface area contributed by atoms with Gasteiger partial charge in [0.25, 0.3) is 0 Å². The SMILES string of the molecule is COc1ccc(NC(=O)C(=O)NC[C@H](c2ccc3c(c2)CCCN3C)N2CCCC2)c(OC)c1. The molecule has 34 heavy (non-hydrogen) atoms. The minimum absolute atomic E-state index is 0.0345. The van der Waals surface area contributed by atoms with Gasteiger partial charge in [-0.05, 0) is 68.1 Å². The number of hydrogen-bond acceptors (Lipinski definition) is 6. The number of fused-ring (bicyclic) bond motifs is 1. The Hall–Kier alpha value is -3.26. The molecule has 1 atom stereocenters. The highest BCUT2D eigenvalue weighted by atomic mass is 16.5. The van der Waals surface area contributed by atoms with Crippen molar-refractivity contribution in [3.05, 3.63) is 47.5 Å². The minimum Gasteiger partial charge on any atom is -0.497 e. The average Bonchev–Trinajstić information content (AvgIpc) is 3.39. The number of amides is 2. The number of ether oxygens (including phenoxy) is 2. The van der Waals surface area contributed by atoms with Crippen molar-refractivity contribution in [3.63, 3.8) is 0 Å². The van der Waals surface area contributed by atoms with E-state index >= 15 is 0 Å². The Kier molecular flexibility index (Phi) is 7.57. The second-order valence-electron chi connectivity index (χ2n) is 8.90. The Balaban J connectivity index is 1.45. The zero-order valence-electron chi connectivity index (χ0n) is 20.2. The highest BCUT2D eigenvalue weighted by Crippen LogP contribution is 2.32. The van der Waals surface area contributed by atoms with Gasteiger partial charge in [0.15, 0.2) is 0 Å². The van der Waals surface area contributed by atoms with E-state index in [1.807, 2.05) is 0 Å². The zero-order chi connectivity index (χ0) is 24.1. The van der Waals surface area contributed by atoms with Gasteiger partial charge in [-0.2, -0.15) is 0 Å². The smallest absolute Gasteiger partial charge is 0.313 e. The van der Waals surface area contributed by atoms with Crippen LogP contribution in [0.3, 0.4) is 0 Å². The number of carbonyl (C=O) groups excluding carboxylic acids is 2. The Morgan fingerprint density at radius 3 is 2.50 bits per heavy atom. The maximum atomic E-state index is 12.7. The molecule has 2 amide bonds. The zero-order valence-corrected chi connectivity index (χ0v) is 20.2. The number of anilines is 2. The largest absolute Gasteiger partial charge is 0.497 e. The second kappa shape index (κ2) is 10.8. The van der Waals surface area contributed by atoms with E-state index in [1.54, 1.807) is 25.3 Å². The van der Waals surface area contributed by atoms with Crippen LogP contribution in [0.1, 0.15) is 36.4 Å². The Labute approximate surface area is 201 Å². The molecule has 0 radical (unpaired) electrons. The first kappa shape index (κ1) is 23.9. The van der Waals surface area contributed by atoms with Crippen LogP contribution in [0.25, 0.3) is 0 Å². The van der Waals surface area contributed by atoms with Crippen molar-refractivity contribution in [3.8, 4) is 11.5 Å². The lowest BCUT2D eigenvalue weighted by Gasteiger charge is -2.31. The summed E-state index contributed by atoms with van der Waals surface area (Å²) < 4.78 is 10.5. The minimum atomic E-state index is -0.726. The topological polar surface area (TPSA) is 83.1 Å². The van der Waals surface area contributed by atoms with Crippen molar-refractivity contribution < 1.29 is 19.1 Å². The lowest BCUT2D eigenvalue weighted by Crippen LogP contribution is -2.41. The van der Waals surface area contributed by atoms with Gasteiger partial charge in [0.05, 0.1) is 25.9 Å². The van der Waals surface area contributed by atoms with Crippen LogP contribution < -0.4 is 25.0 Å². The molecule has 8 heteroatoms. The molecule has 1 fully saturated rings. The van der Waals surface area contributed by atoms with Crippen LogP contribution in [-0.2, 0) is 16.0 Å². The summed E-state index contributed by atoms with van der Waals surface area (Å²) >= 11 is 0. The van der Waals surface area contributed by atoms with Crippen molar-refractivity contribution in [1.82, 2.24) is 10.2 Å². The monoisotopic (exact) mass is 466 g/mol. The fourth-order valence-electron chi connectivity index (χ4n) is 4.87. The van der Waals surface area contributed by atoms with E-state index in [9.17, 15) is 9.59 Å². The van der Waals surface area contributed by atoms with E-state index in [2.05, 4.69) is 45.7 Å². The van der Waals surface area contributed by atoms with E-state index in [0.717, 1.165) is 45.3 Å². The molecular weight excluding hydrogens is 432 g/mol. The summed E-state index contributed by atoms with van der Waals surface area (Å²) in [7, 11) is 5.19. The van der Waals surface area contributed by atoms with Gasteiger partial charge in [-0.25, -0.2) is 0 Å². The molecule has 0 unspecified atom stereocenters. The van der Waals surface area contributed by atoms with Crippen molar-refractivity contribution in [2.45, 2.75) is 31.7 Å². The van der Waals surface area contributed by atoms with Crippen molar-refractivity contribution in [1.29, 1.82) is 0 Å². The molecule has 0 aliphatic carbocycles. The Morgan fingerprint density at radius 2 is 1.76 bits per heavy atom. The molecule has 4 rings (SSSR count). The number of nitrogens with one attached hydrogen (secondary N) is 2. The van der Waals surface area contributed by atoms with E-state index in [1.165, 1.54) is 23.9 Å². The average molecular weight is 467 g/mol. The lowest BCUT2D eigenvalue weighted by atomic mass is 9.96. The molecule has 182 valence electrons. The van der Waals surface area contributed by atoms with Gasteiger partial charge >= 0.3 is 11.8 Å². The molecule has 0 spiro atoms. The van der Waals surface area contributed by atoms with Crippen LogP contribution in [0.15, 0.2) is 36.4 Å². The molecule has 2 N–H and O–H groups in total. The number of nitrogens with zero attached hydrogens (tertiary/aromatic N) is 2. The molecule has 2 aromatic carbocycles. The summed E-state index contributed by atoms with van der Waals surface area (Å²) in [6, 6.07) is 11.7. The highest BCUT2D eigenvalue weighted by molar-refractivity contribution is 6.39. The molecule has 0 saturated carbocycles. The summed E-state index contributed by atoms with van der Waals surface area (Å²) in [6.07, 6.45) is 4.51. The first-order valence-corrected chi connectivity index (χ1v) is 11.9. The van der Waals surface area contributed by atoms with E-state index in [4.69, 9.17) is 9.47 Å². The summed E-state index contributed by atoms with van der Waals surface area (Å²) in [4.78, 5) is 30.0. The van der Waals surface area contributed by atoms with Gasteiger partial charge < -0.3 is 25.0 Å². The summed E-state index contributed by atoms with van der Waals surface area (Å²) in [6.45, 7) is 3.44. The van der Waals surface area contributed by atoms with Gasteiger partial charge in [0.1, 0.15) is 11.5 Å². The van der Waals surface area contributed by atoms with Gasteiger partial charge in [-0.1, -0.05) is 12.1 Å². The molecule has 2 aliphatic rings. The van der Waals surface area contributed by atoms with Crippen LogP contribution in [0, 0.1) is 0 Å². The maximum absolute atomic E-state index is 12.7. The van der Waals surface area contributed by atoms with Crippen molar-refractivity contribution in [2.24, 2.45) is 0 Å². The lowest BCUT2D eigenvalue weighted by molar-refractivity contribution is -0.136. The predicted molar refractivity (Wildman–Crippen MR) is 133 cm³/mol. The van der Waals surface area contributed by atoms with Crippen LogP contribution >= 0.6 is 0 Å². The van der Waals surface area contributed by atoms with Gasteiger partial charge in [0.2, 0.25) is 0 Å². The number of methoxy groups -OCH3 is 2. The Morgan fingerprint density at radius 1 is 0.971 bits per heavy atom. The van der Waals surface area contributed by atoms with Gasteiger partial charge in [-0.15, -0.1) is 0 Å². The first-order chi connectivity index (χ1) is 16.5. The summed E-state index contributed by atoms with van der Waals surface area (Å²) in [5, 5.41) is 5.50. The summed E-state index contributed by atoms with van der Waals surface area (Å²) in [5.74, 6) is -0.367. The summed E-state index contributed by atoms with van der Waals surface area (Å²) in [5.41, 5.74) is 4.24. The highest BCUT2D eigenvalue weighted by Gasteiger charge is 2.27. The van der Waals surface area contributed by atoms with E-state index < -0.39 is 11.8 Å². The van der Waals surface area contributed by atoms with Crippen LogP contribution in [0.5, 0.6) is 11.5 Å². The third kappa shape index (κ3) is 5.28. The predicted octanol–water partition coefficient (Wildman–Crippen LogP) is 2.98. The molecule has 8 nitrogen and oxygen atoms in total. The fourth-order valence-corrected chi connectivity index (χ4v) is 4.87. The van der Waals surface area contributed by atoms with Crippen LogP contribution in [0.4, 0.5) is 11.4 Å². The standard InChI is InChI=1S/C26H34N4O4/c1-29-12-6-7-18-15-19(8-11-22(18)29)23(30-13-4-5-14-30)17-27-25(31)26(32)28-21-10-9-20(33-2)16-24(21)34-3/h8-11,15-16,23H,4-7,12-14,17H2,1-3H3,(H,27,31)(H,28,32)/t23-/m1/s1. The third-order valence-corrected chi connectivity index (χ3v) is 6.74. The first-order valence-electron chi connectivity index (χ1n) is 11.9. The van der Waals surface area contributed by atoms with Gasteiger partial charge in [0, 0.05) is 31.9 Å². The molecule has 2 aromatic rings. The number of hydrogen-bond donors (Lipinski definition) is 2. The maximum Gasteiger partial charge on any atom is 0.313 e. The third-order valence-electron chi connectivity index (χ3n) is 6.74. The van der Waals surface area contributed by atoms with E-state index in [0.29, 0.717) is 23.7 Å². The van der Waals surface area contributed by atoms with Crippen molar-refractivity contribution in [2.75, 3.05) is 57.7 Å². The molecule has 1 saturated heterocycles. The van der Waals surface area contributed by atoms with E-state index in [-0.39, 0.29) is 6.04 Å². The van der Waals surface area contributed by atoms with Crippen molar-refractivity contribution >= 4 is 23.2 Å². The number of rotatable bonds is 7. The van der Waals surface area contributed by atoms with Crippen LogP contribution in [0.2, 0.25) is 0 Å². The molecule has 0 aromatic heterocycles. The molecule has 0 bridgehead atoms. The number of carbonyl (C=O) groups is 2. The Bertz CT molecular complexity index is 1040.